The SMILES string of the molecule is Cc1cccc(CSc2nnc(C(C)NS(=O)(=O)c3ccccc3)n2-c2ccc([N+](=O)[O-])cc2)c1. The van der Waals surface area contributed by atoms with Crippen LogP contribution in [0.15, 0.2) is 88.9 Å². The number of aromatic nitrogens is 3. The third-order valence-electron chi connectivity index (χ3n) is 5.20. The number of benzene rings is 3. The Balaban J connectivity index is 1.68. The molecule has 9 nitrogen and oxygen atoms in total. The smallest absolute Gasteiger partial charge is 0.269 e. The molecule has 1 atom stereocenters. The molecule has 0 aliphatic carbocycles. The number of rotatable bonds is 9. The maximum Gasteiger partial charge on any atom is 0.269 e. The van der Waals surface area contributed by atoms with Gasteiger partial charge in [0.15, 0.2) is 11.0 Å². The largest absolute Gasteiger partial charge is 0.273 e. The van der Waals surface area contributed by atoms with E-state index in [2.05, 4.69) is 21.0 Å². The Morgan fingerprint density at radius 1 is 1.03 bits per heavy atom. The Morgan fingerprint density at radius 2 is 1.74 bits per heavy atom. The summed E-state index contributed by atoms with van der Waals surface area (Å²) in [6.45, 7) is 3.70. The minimum Gasteiger partial charge on any atom is -0.273 e. The van der Waals surface area contributed by atoms with Crippen LogP contribution >= 0.6 is 11.8 Å². The number of sulfonamides is 1. The molecule has 0 saturated carbocycles. The van der Waals surface area contributed by atoms with Crippen LogP contribution in [0.1, 0.15) is 29.9 Å². The number of nitro groups is 1. The molecule has 1 heterocycles. The molecule has 4 aromatic rings. The van der Waals surface area contributed by atoms with Gasteiger partial charge < -0.3 is 0 Å². The van der Waals surface area contributed by atoms with Crippen LogP contribution in [0.25, 0.3) is 5.69 Å². The highest BCUT2D eigenvalue weighted by Crippen LogP contribution is 2.29. The molecule has 0 bridgehead atoms. The fraction of sp³-hybridized carbons (Fsp3) is 0.167. The minimum atomic E-state index is -3.80. The number of nitrogens with one attached hydrogen (secondary N) is 1. The average molecular weight is 510 g/mol. The second-order valence-electron chi connectivity index (χ2n) is 7.88. The van der Waals surface area contributed by atoms with Crippen molar-refractivity contribution in [1.29, 1.82) is 0 Å². The zero-order valence-electron chi connectivity index (χ0n) is 19.0. The maximum atomic E-state index is 12.9. The molecule has 11 heteroatoms. The minimum absolute atomic E-state index is 0.0461. The summed E-state index contributed by atoms with van der Waals surface area (Å²) in [5.41, 5.74) is 2.79. The van der Waals surface area contributed by atoms with Crippen LogP contribution in [-0.4, -0.2) is 28.1 Å². The highest BCUT2D eigenvalue weighted by Gasteiger charge is 2.25. The first-order chi connectivity index (χ1) is 16.7. The summed E-state index contributed by atoms with van der Waals surface area (Å²) in [4.78, 5) is 10.8. The van der Waals surface area contributed by atoms with Crippen LogP contribution in [0.3, 0.4) is 0 Å². The Kier molecular flexibility index (Phi) is 7.29. The van der Waals surface area contributed by atoms with Crippen molar-refractivity contribution in [2.24, 2.45) is 0 Å². The van der Waals surface area contributed by atoms with E-state index in [1.54, 1.807) is 41.8 Å². The molecular weight excluding hydrogens is 486 g/mol. The Labute approximate surface area is 207 Å². The molecule has 0 spiro atoms. The standard InChI is InChI=1S/C24H23N5O4S2/c1-17-7-6-8-19(15-17)16-34-24-26-25-23(28(24)20-11-13-21(14-12-20)29(30)31)18(2)27-35(32,33)22-9-4-3-5-10-22/h3-15,18,27H,16H2,1-2H3. The van der Waals surface area contributed by atoms with Crippen molar-refractivity contribution in [1.82, 2.24) is 19.5 Å². The average Bonchev–Trinajstić information content (AvgIpc) is 3.27. The number of nitrogens with zero attached hydrogens (tertiary/aromatic N) is 4. The fourth-order valence-electron chi connectivity index (χ4n) is 3.52. The number of hydrogen-bond acceptors (Lipinski definition) is 7. The van der Waals surface area contributed by atoms with E-state index in [9.17, 15) is 18.5 Å². The van der Waals surface area contributed by atoms with Crippen LogP contribution in [0.4, 0.5) is 5.69 Å². The van der Waals surface area contributed by atoms with Crippen molar-refractivity contribution >= 4 is 27.5 Å². The monoisotopic (exact) mass is 509 g/mol. The van der Waals surface area contributed by atoms with Crippen LogP contribution in [-0.2, 0) is 15.8 Å². The fourth-order valence-corrected chi connectivity index (χ4v) is 5.65. The van der Waals surface area contributed by atoms with Gasteiger partial charge in [-0.1, -0.05) is 59.8 Å². The number of nitro benzene ring substituents is 1. The Hall–Kier alpha value is -3.54. The van der Waals surface area contributed by atoms with Gasteiger partial charge >= 0.3 is 0 Å². The van der Waals surface area contributed by atoms with Gasteiger partial charge in [-0.05, 0) is 43.7 Å². The molecular formula is C24H23N5O4S2. The van der Waals surface area contributed by atoms with Crippen LogP contribution in [0.5, 0.6) is 0 Å². The third kappa shape index (κ3) is 5.76. The van der Waals surface area contributed by atoms with E-state index in [4.69, 9.17) is 0 Å². The number of non-ortho nitro benzene ring substituents is 1. The van der Waals surface area contributed by atoms with Gasteiger partial charge in [-0.25, -0.2) is 13.1 Å². The Bertz CT molecular complexity index is 1440. The lowest BCUT2D eigenvalue weighted by Gasteiger charge is -2.16. The molecule has 0 fully saturated rings. The van der Waals surface area contributed by atoms with E-state index in [0.29, 0.717) is 22.4 Å². The Morgan fingerprint density at radius 3 is 2.40 bits per heavy atom. The van der Waals surface area contributed by atoms with Crippen molar-refractivity contribution in [2.75, 3.05) is 0 Å². The van der Waals surface area contributed by atoms with Gasteiger partial charge in [0.1, 0.15) is 0 Å². The van der Waals surface area contributed by atoms with Gasteiger partial charge in [0.05, 0.1) is 15.9 Å². The topological polar surface area (TPSA) is 120 Å². The molecule has 4 rings (SSSR count). The lowest BCUT2D eigenvalue weighted by atomic mass is 10.2. The first-order valence-corrected chi connectivity index (χ1v) is 13.2. The van der Waals surface area contributed by atoms with Gasteiger partial charge in [0.25, 0.3) is 5.69 Å². The lowest BCUT2D eigenvalue weighted by molar-refractivity contribution is -0.384. The van der Waals surface area contributed by atoms with Gasteiger partial charge in [0, 0.05) is 23.6 Å². The summed E-state index contributed by atoms with van der Waals surface area (Å²) in [6.07, 6.45) is 0. The number of thioether (sulfide) groups is 1. The van der Waals surface area contributed by atoms with E-state index in [1.165, 1.54) is 36.0 Å². The second-order valence-corrected chi connectivity index (χ2v) is 10.5. The highest BCUT2D eigenvalue weighted by molar-refractivity contribution is 7.98. The predicted molar refractivity (Wildman–Crippen MR) is 134 cm³/mol. The molecule has 0 aliphatic rings. The van der Waals surface area contributed by atoms with Crippen molar-refractivity contribution in [3.8, 4) is 5.69 Å². The van der Waals surface area contributed by atoms with Crippen molar-refractivity contribution in [3.05, 3.63) is 106 Å². The molecule has 0 aliphatic heterocycles. The summed E-state index contributed by atoms with van der Waals surface area (Å²) in [5.74, 6) is 0.988. The molecule has 0 saturated heterocycles. The predicted octanol–water partition coefficient (Wildman–Crippen LogP) is 4.82. The van der Waals surface area contributed by atoms with Crippen molar-refractivity contribution in [2.45, 2.75) is 35.7 Å². The van der Waals surface area contributed by atoms with Gasteiger partial charge in [-0.2, -0.15) is 0 Å². The van der Waals surface area contributed by atoms with E-state index < -0.39 is 21.0 Å². The lowest BCUT2D eigenvalue weighted by Crippen LogP contribution is -2.28. The molecule has 0 radical (unpaired) electrons. The van der Waals surface area contributed by atoms with E-state index in [0.717, 1.165) is 11.1 Å². The first-order valence-electron chi connectivity index (χ1n) is 10.7. The molecule has 0 amide bonds. The molecule has 1 unspecified atom stereocenters. The van der Waals surface area contributed by atoms with Crippen molar-refractivity contribution < 1.29 is 13.3 Å². The molecule has 1 N–H and O–H groups in total. The molecule has 3 aromatic carbocycles. The van der Waals surface area contributed by atoms with Crippen molar-refractivity contribution in [3.63, 3.8) is 0 Å². The zero-order valence-corrected chi connectivity index (χ0v) is 20.7. The summed E-state index contributed by atoms with van der Waals surface area (Å²) in [5, 5.41) is 20.3. The molecule has 1 aromatic heterocycles. The molecule has 35 heavy (non-hydrogen) atoms. The maximum absolute atomic E-state index is 12.9. The number of aryl methyl sites for hydroxylation is 1. The second kappa shape index (κ2) is 10.4. The highest BCUT2D eigenvalue weighted by atomic mass is 32.2. The van der Waals surface area contributed by atoms with E-state index in [-0.39, 0.29) is 10.6 Å². The van der Waals surface area contributed by atoms with Gasteiger partial charge in [0.2, 0.25) is 10.0 Å². The summed E-state index contributed by atoms with van der Waals surface area (Å²) in [6, 6.07) is 21.4. The zero-order chi connectivity index (χ0) is 25.0. The quantitative estimate of drug-likeness (QED) is 0.195. The first kappa shape index (κ1) is 24.6. The number of hydrogen-bond donors (Lipinski definition) is 1. The van der Waals surface area contributed by atoms with Gasteiger partial charge in [-0.15, -0.1) is 10.2 Å². The third-order valence-corrected chi connectivity index (χ3v) is 7.76. The summed E-state index contributed by atoms with van der Waals surface area (Å²) < 4.78 is 30.1. The van der Waals surface area contributed by atoms with Crippen LogP contribution in [0.2, 0.25) is 0 Å². The van der Waals surface area contributed by atoms with Crippen LogP contribution in [0, 0.1) is 17.0 Å². The van der Waals surface area contributed by atoms with Gasteiger partial charge in [-0.3, -0.25) is 14.7 Å². The van der Waals surface area contributed by atoms with E-state index in [1.807, 2.05) is 25.1 Å². The summed E-state index contributed by atoms with van der Waals surface area (Å²) >= 11 is 1.45. The normalized spacial score (nSPS) is 12.4. The molecule has 180 valence electrons. The summed E-state index contributed by atoms with van der Waals surface area (Å²) in [7, 11) is -3.80. The van der Waals surface area contributed by atoms with Crippen LogP contribution < -0.4 is 4.72 Å². The van der Waals surface area contributed by atoms with E-state index >= 15 is 0 Å².